The molecule has 1 amide bonds. The van der Waals surface area contributed by atoms with Crippen molar-refractivity contribution in [1.29, 1.82) is 0 Å². The number of aromatic carboxylic acids is 1. The highest BCUT2D eigenvalue weighted by Gasteiger charge is 2.21. The third-order valence-electron chi connectivity index (χ3n) is 4.03. The van der Waals surface area contributed by atoms with Gasteiger partial charge in [0.2, 0.25) is 5.91 Å². The van der Waals surface area contributed by atoms with Crippen LogP contribution in [-0.4, -0.2) is 17.0 Å². The molecule has 134 valence electrons. The van der Waals surface area contributed by atoms with Crippen LogP contribution in [0.4, 0.5) is 10.7 Å². The summed E-state index contributed by atoms with van der Waals surface area (Å²) in [5.74, 6) is -1.34. The molecule has 0 atom stereocenters. The van der Waals surface area contributed by atoms with Gasteiger partial charge in [0.25, 0.3) is 0 Å². The van der Waals surface area contributed by atoms with E-state index < -0.39 is 5.97 Å². The fourth-order valence-electron chi connectivity index (χ4n) is 2.71. The number of carbonyl (C=O) groups excluding carboxylic acids is 1. The Labute approximate surface area is 160 Å². The molecule has 0 spiro atoms. The fraction of sp³-hybridized carbons (Fsp3) is 0.0952. The van der Waals surface area contributed by atoms with E-state index >= 15 is 0 Å². The summed E-state index contributed by atoms with van der Waals surface area (Å²) in [4.78, 5) is 27.4. The summed E-state index contributed by atoms with van der Waals surface area (Å²) in [5, 5.41) is 14.4. The lowest BCUT2D eigenvalue weighted by atomic mass is 10.0. The second-order valence-electron chi connectivity index (χ2n) is 5.85. The Bertz CT molecular complexity index is 1020. The second kappa shape index (κ2) is 8.30. The lowest BCUT2D eigenvalue weighted by Gasteiger charge is -2.06. The van der Waals surface area contributed by atoms with Crippen molar-refractivity contribution < 1.29 is 14.7 Å². The maximum absolute atomic E-state index is 12.3. The second-order valence-corrected chi connectivity index (χ2v) is 6.73. The van der Waals surface area contributed by atoms with E-state index in [-0.39, 0.29) is 17.9 Å². The zero-order chi connectivity index (χ0) is 19.2. The molecule has 0 saturated carbocycles. The number of carboxylic acids is 1. The molecule has 3 rings (SSSR count). The van der Waals surface area contributed by atoms with Gasteiger partial charge in [0.1, 0.15) is 10.6 Å². The molecule has 0 fully saturated rings. The summed E-state index contributed by atoms with van der Waals surface area (Å²) < 4.78 is 0. The maximum atomic E-state index is 12.3. The average molecular weight is 376 g/mol. The van der Waals surface area contributed by atoms with Crippen LogP contribution in [0.2, 0.25) is 0 Å². The van der Waals surface area contributed by atoms with Gasteiger partial charge < -0.3 is 10.4 Å². The molecule has 1 heterocycles. The van der Waals surface area contributed by atoms with Crippen molar-refractivity contribution in [2.24, 2.45) is 0 Å². The minimum atomic E-state index is -1.11. The van der Waals surface area contributed by atoms with Crippen molar-refractivity contribution in [3.8, 4) is 11.1 Å². The molecule has 0 unspecified atom stereocenters. The maximum Gasteiger partial charge on any atom is 0.339 e. The van der Waals surface area contributed by atoms with Gasteiger partial charge in [-0.2, -0.15) is 0 Å². The Kier molecular flexibility index (Phi) is 5.64. The molecule has 3 aromatic rings. The first-order chi connectivity index (χ1) is 13.1. The van der Waals surface area contributed by atoms with E-state index in [2.05, 4.69) is 10.2 Å². The van der Waals surface area contributed by atoms with E-state index in [0.29, 0.717) is 28.2 Å². The number of carbonyl (C=O) groups is 2. The highest BCUT2D eigenvalue weighted by atomic mass is 32.1. The number of benzene rings is 2. The summed E-state index contributed by atoms with van der Waals surface area (Å²) in [6.45, 7) is 7.11. The molecule has 6 heteroatoms. The van der Waals surface area contributed by atoms with E-state index in [4.69, 9.17) is 6.57 Å². The van der Waals surface area contributed by atoms with Crippen LogP contribution in [0.1, 0.15) is 22.3 Å². The third-order valence-corrected chi connectivity index (χ3v) is 4.92. The molecule has 0 saturated heterocycles. The van der Waals surface area contributed by atoms with Crippen molar-refractivity contribution in [3.63, 3.8) is 0 Å². The molecular weight excluding hydrogens is 360 g/mol. The van der Waals surface area contributed by atoms with E-state index in [1.807, 2.05) is 30.3 Å². The van der Waals surface area contributed by atoms with Gasteiger partial charge in [0, 0.05) is 17.4 Å². The van der Waals surface area contributed by atoms with Crippen LogP contribution >= 0.6 is 11.3 Å². The van der Waals surface area contributed by atoms with Crippen LogP contribution in [0.25, 0.3) is 16.0 Å². The van der Waals surface area contributed by atoms with E-state index in [9.17, 15) is 14.7 Å². The number of aryl methyl sites for hydroxylation is 1. The predicted octanol–water partition coefficient (Wildman–Crippen LogP) is 5.24. The molecular formula is C21H16N2O3S. The standard InChI is InChI=1S/C21H16N2O3S/c1-22-16-9-5-8-15(12-16)17-13-27-20(19(17)21(25)26)23-18(24)11-10-14-6-3-2-4-7-14/h2-9,12-13H,10-11H2,(H,23,24)(H,25,26). The predicted molar refractivity (Wildman–Crippen MR) is 106 cm³/mol. The van der Waals surface area contributed by atoms with Crippen LogP contribution < -0.4 is 5.32 Å². The van der Waals surface area contributed by atoms with Gasteiger partial charge in [-0.3, -0.25) is 4.79 Å². The van der Waals surface area contributed by atoms with Gasteiger partial charge in [-0.05, 0) is 23.6 Å². The minimum absolute atomic E-state index is 0.0511. The fourth-order valence-corrected chi connectivity index (χ4v) is 3.69. The van der Waals surface area contributed by atoms with Crippen LogP contribution in [0.15, 0.2) is 60.0 Å². The number of amides is 1. The Balaban J connectivity index is 1.80. The lowest BCUT2D eigenvalue weighted by molar-refractivity contribution is -0.116. The molecule has 0 radical (unpaired) electrons. The van der Waals surface area contributed by atoms with E-state index in [1.165, 1.54) is 11.3 Å². The van der Waals surface area contributed by atoms with Crippen molar-refractivity contribution in [3.05, 3.63) is 82.5 Å². The molecule has 27 heavy (non-hydrogen) atoms. The highest BCUT2D eigenvalue weighted by molar-refractivity contribution is 7.15. The van der Waals surface area contributed by atoms with E-state index in [0.717, 1.165) is 5.56 Å². The van der Waals surface area contributed by atoms with Crippen LogP contribution in [-0.2, 0) is 11.2 Å². The molecule has 0 aliphatic heterocycles. The molecule has 5 nitrogen and oxygen atoms in total. The van der Waals surface area contributed by atoms with Crippen LogP contribution in [0.3, 0.4) is 0 Å². The summed E-state index contributed by atoms with van der Waals surface area (Å²) in [7, 11) is 0. The Morgan fingerprint density at radius 3 is 2.59 bits per heavy atom. The number of anilines is 1. The number of carboxylic acid groups (broad SMARTS) is 1. The molecule has 0 aliphatic rings. The molecule has 2 N–H and O–H groups in total. The largest absolute Gasteiger partial charge is 0.478 e. The van der Waals surface area contributed by atoms with Crippen molar-refractivity contribution >= 4 is 33.9 Å². The third kappa shape index (κ3) is 4.40. The monoisotopic (exact) mass is 376 g/mol. The Hall–Kier alpha value is -3.43. The first kappa shape index (κ1) is 18.4. The van der Waals surface area contributed by atoms with Gasteiger partial charge in [-0.1, -0.05) is 48.5 Å². The highest BCUT2D eigenvalue weighted by Crippen LogP contribution is 2.37. The van der Waals surface area contributed by atoms with Gasteiger partial charge in [-0.25, -0.2) is 9.64 Å². The van der Waals surface area contributed by atoms with Crippen molar-refractivity contribution in [2.75, 3.05) is 5.32 Å². The van der Waals surface area contributed by atoms with Gasteiger partial charge >= 0.3 is 5.97 Å². The zero-order valence-electron chi connectivity index (χ0n) is 14.3. The number of nitrogens with one attached hydrogen (secondary N) is 1. The normalized spacial score (nSPS) is 10.2. The van der Waals surface area contributed by atoms with Crippen molar-refractivity contribution in [2.45, 2.75) is 12.8 Å². The quantitative estimate of drug-likeness (QED) is 0.578. The van der Waals surface area contributed by atoms with E-state index in [1.54, 1.807) is 29.6 Å². The Morgan fingerprint density at radius 1 is 1.11 bits per heavy atom. The van der Waals surface area contributed by atoms with Crippen LogP contribution in [0, 0.1) is 6.57 Å². The molecule has 2 aromatic carbocycles. The summed E-state index contributed by atoms with van der Waals surface area (Å²) >= 11 is 1.17. The summed E-state index contributed by atoms with van der Waals surface area (Å²) in [6.07, 6.45) is 0.851. The number of thiophene rings is 1. The van der Waals surface area contributed by atoms with Gasteiger partial charge in [0.05, 0.1) is 6.57 Å². The molecule has 0 bridgehead atoms. The van der Waals surface area contributed by atoms with Crippen LogP contribution in [0.5, 0.6) is 0 Å². The molecule has 1 aromatic heterocycles. The van der Waals surface area contributed by atoms with Gasteiger partial charge in [-0.15, -0.1) is 11.3 Å². The average Bonchev–Trinajstić information content (AvgIpc) is 3.11. The smallest absolute Gasteiger partial charge is 0.339 e. The number of nitrogens with zero attached hydrogens (tertiary/aromatic N) is 1. The molecule has 0 aliphatic carbocycles. The van der Waals surface area contributed by atoms with Gasteiger partial charge in [0.15, 0.2) is 5.69 Å². The first-order valence-electron chi connectivity index (χ1n) is 8.25. The SMILES string of the molecule is [C-]#[N+]c1cccc(-c2csc(NC(=O)CCc3ccccc3)c2C(=O)O)c1. The number of rotatable bonds is 6. The minimum Gasteiger partial charge on any atom is -0.478 e. The number of hydrogen-bond donors (Lipinski definition) is 2. The number of hydrogen-bond acceptors (Lipinski definition) is 3. The zero-order valence-corrected chi connectivity index (χ0v) is 15.1. The summed E-state index contributed by atoms with van der Waals surface area (Å²) in [5.41, 5.74) is 2.67. The topological polar surface area (TPSA) is 70.8 Å². The summed E-state index contributed by atoms with van der Waals surface area (Å²) in [6, 6.07) is 16.4. The Morgan fingerprint density at radius 2 is 1.89 bits per heavy atom. The first-order valence-corrected chi connectivity index (χ1v) is 9.13. The lowest BCUT2D eigenvalue weighted by Crippen LogP contribution is -2.14. The van der Waals surface area contributed by atoms with Crippen molar-refractivity contribution in [1.82, 2.24) is 0 Å².